The Morgan fingerprint density at radius 1 is 1.04 bits per heavy atom. The molecule has 0 aromatic carbocycles. The number of morpholine rings is 1. The predicted octanol–water partition coefficient (Wildman–Crippen LogP) is -0.758. The van der Waals surface area contributed by atoms with Crippen LogP contribution in [0.2, 0.25) is 0 Å². The van der Waals surface area contributed by atoms with Gasteiger partial charge in [0.15, 0.2) is 5.82 Å². The van der Waals surface area contributed by atoms with Crippen molar-refractivity contribution in [2.45, 2.75) is 0 Å². The van der Waals surface area contributed by atoms with Gasteiger partial charge in [-0.3, -0.25) is 0 Å². The van der Waals surface area contributed by atoms with E-state index < -0.39 is 10.2 Å². The molecule has 24 heavy (non-hydrogen) atoms. The summed E-state index contributed by atoms with van der Waals surface area (Å²) in [6, 6.07) is 2.02. The van der Waals surface area contributed by atoms with Gasteiger partial charge in [0.25, 0.3) is 10.2 Å². The van der Waals surface area contributed by atoms with Crippen molar-refractivity contribution in [2.24, 2.45) is 0 Å². The fraction of sp³-hybridized carbons (Fsp3) is 0.714. The van der Waals surface area contributed by atoms with Crippen LogP contribution in [0.1, 0.15) is 0 Å². The summed E-state index contributed by atoms with van der Waals surface area (Å²) >= 11 is 0. The van der Waals surface area contributed by atoms with Crippen molar-refractivity contribution in [3.05, 3.63) is 12.3 Å². The second-order valence-electron chi connectivity index (χ2n) is 6.05. The third-order valence-electron chi connectivity index (χ3n) is 4.35. The zero-order valence-electron chi connectivity index (χ0n) is 14.1. The predicted molar refractivity (Wildman–Crippen MR) is 91.5 cm³/mol. The minimum Gasteiger partial charge on any atom is -0.378 e. The lowest BCUT2D eigenvalue weighted by atomic mass is 10.3. The number of hydrogen-bond donors (Lipinski definition) is 0. The van der Waals surface area contributed by atoms with Gasteiger partial charge in [0, 0.05) is 59.4 Å². The van der Waals surface area contributed by atoms with Crippen molar-refractivity contribution in [1.29, 1.82) is 0 Å². The van der Waals surface area contributed by atoms with E-state index >= 15 is 0 Å². The molecule has 0 amide bonds. The average molecular weight is 356 g/mol. The Kier molecular flexibility index (Phi) is 5.18. The van der Waals surface area contributed by atoms with Crippen LogP contribution < -0.4 is 9.80 Å². The number of nitrogens with zero attached hydrogens (tertiary/aromatic N) is 6. The molecule has 2 saturated heterocycles. The minimum absolute atomic E-state index is 0.448. The molecule has 0 N–H and O–H groups in total. The molecule has 0 unspecified atom stereocenters. The number of rotatable bonds is 4. The van der Waals surface area contributed by atoms with E-state index in [9.17, 15) is 8.42 Å². The van der Waals surface area contributed by atoms with Gasteiger partial charge >= 0.3 is 0 Å². The van der Waals surface area contributed by atoms with Crippen LogP contribution in [0, 0.1) is 0 Å². The van der Waals surface area contributed by atoms with E-state index in [1.165, 1.54) is 8.61 Å². The van der Waals surface area contributed by atoms with E-state index in [0.29, 0.717) is 26.2 Å². The van der Waals surface area contributed by atoms with Gasteiger partial charge in [0.2, 0.25) is 0 Å². The Bertz CT molecular complexity index is 654. The van der Waals surface area contributed by atoms with Gasteiger partial charge in [-0.15, -0.1) is 5.10 Å². The maximum atomic E-state index is 12.2. The molecule has 0 saturated carbocycles. The van der Waals surface area contributed by atoms with Crippen molar-refractivity contribution >= 4 is 21.7 Å². The Morgan fingerprint density at radius 3 is 2.33 bits per heavy atom. The Balaban J connectivity index is 1.66. The molecule has 2 aliphatic heterocycles. The van der Waals surface area contributed by atoms with Gasteiger partial charge in [-0.1, -0.05) is 0 Å². The van der Waals surface area contributed by atoms with E-state index in [2.05, 4.69) is 20.0 Å². The molecule has 0 aliphatic carbocycles. The second-order valence-corrected chi connectivity index (χ2v) is 8.19. The Hall–Kier alpha value is -1.49. The lowest BCUT2D eigenvalue weighted by Gasteiger charge is -2.36. The minimum atomic E-state index is -3.35. The van der Waals surface area contributed by atoms with Crippen molar-refractivity contribution in [3.8, 4) is 0 Å². The van der Waals surface area contributed by atoms with Crippen LogP contribution in [0.25, 0.3) is 0 Å². The van der Waals surface area contributed by atoms with Crippen molar-refractivity contribution in [1.82, 2.24) is 18.8 Å². The van der Waals surface area contributed by atoms with Crippen LogP contribution in [0.3, 0.4) is 0 Å². The quantitative estimate of drug-likeness (QED) is 0.701. The fourth-order valence-electron chi connectivity index (χ4n) is 2.87. The Labute approximate surface area is 143 Å². The summed E-state index contributed by atoms with van der Waals surface area (Å²) < 4.78 is 32.5. The highest BCUT2D eigenvalue weighted by Crippen LogP contribution is 2.21. The number of piperazine rings is 1. The number of aromatic nitrogens is 2. The molecule has 0 bridgehead atoms. The van der Waals surface area contributed by atoms with Gasteiger partial charge < -0.3 is 14.5 Å². The summed E-state index contributed by atoms with van der Waals surface area (Å²) in [6.07, 6.45) is 1.77. The molecule has 2 fully saturated rings. The zero-order chi connectivity index (χ0) is 17.2. The topological polar surface area (TPSA) is 82.1 Å². The summed E-state index contributed by atoms with van der Waals surface area (Å²) in [5, 5.41) is 8.34. The summed E-state index contributed by atoms with van der Waals surface area (Å²) in [5.74, 6) is 0.792. The molecule has 1 aromatic heterocycles. The largest absolute Gasteiger partial charge is 0.378 e. The normalized spacial score (nSPS) is 20.6. The monoisotopic (exact) mass is 356 g/mol. The van der Waals surface area contributed by atoms with Crippen LogP contribution in [-0.2, 0) is 14.9 Å². The lowest BCUT2D eigenvalue weighted by molar-refractivity contribution is 0.122. The molecule has 0 radical (unpaired) electrons. The molecular formula is C14H24N6O3S. The highest BCUT2D eigenvalue weighted by atomic mass is 32.2. The first kappa shape index (κ1) is 17.3. The van der Waals surface area contributed by atoms with Gasteiger partial charge in [-0.2, -0.15) is 22.1 Å². The van der Waals surface area contributed by atoms with Crippen LogP contribution in [0.4, 0.5) is 11.5 Å². The fourth-order valence-corrected chi connectivity index (χ4v) is 3.96. The molecule has 0 atom stereocenters. The zero-order valence-corrected chi connectivity index (χ0v) is 14.9. The van der Waals surface area contributed by atoms with Gasteiger partial charge in [-0.25, -0.2) is 0 Å². The van der Waals surface area contributed by atoms with E-state index in [4.69, 9.17) is 4.74 Å². The molecule has 10 heteroatoms. The van der Waals surface area contributed by atoms with Gasteiger partial charge in [0.1, 0.15) is 0 Å². The first-order valence-corrected chi connectivity index (χ1v) is 9.46. The highest BCUT2D eigenvalue weighted by Gasteiger charge is 2.29. The number of hydrogen-bond acceptors (Lipinski definition) is 7. The first-order chi connectivity index (χ1) is 11.5. The molecule has 134 valence electrons. The van der Waals surface area contributed by atoms with Crippen LogP contribution in [-0.4, -0.2) is 93.8 Å². The van der Waals surface area contributed by atoms with E-state index in [0.717, 1.165) is 37.8 Å². The smallest absolute Gasteiger partial charge is 0.281 e. The van der Waals surface area contributed by atoms with E-state index in [1.54, 1.807) is 20.3 Å². The maximum absolute atomic E-state index is 12.2. The average Bonchev–Trinajstić information content (AvgIpc) is 2.62. The van der Waals surface area contributed by atoms with Crippen LogP contribution in [0.5, 0.6) is 0 Å². The van der Waals surface area contributed by atoms with E-state index in [-0.39, 0.29) is 0 Å². The molecule has 0 spiro atoms. The molecule has 1 aromatic rings. The third-order valence-corrected chi connectivity index (χ3v) is 6.29. The summed E-state index contributed by atoms with van der Waals surface area (Å²) in [7, 11) is -0.240. The summed E-state index contributed by atoms with van der Waals surface area (Å²) in [4.78, 5) is 4.31. The summed E-state index contributed by atoms with van der Waals surface area (Å²) in [5.41, 5.74) is 1.03. The SMILES string of the molecule is CN(C)S(=O)(=O)N1CCN(c2cc(N3CCOCC3)cnn2)CC1. The van der Waals surface area contributed by atoms with Crippen molar-refractivity contribution < 1.29 is 13.2 Å². The number of ether oxygens (including phenoxy) is 1. The van der Waals surface area contributed by atoms with Gasteiger partial charge in [0.05, 0.1) is 25.1 Å². The standard InChI is InChI=1S/C14H24N6O3S/c1-17(2)24(21,22)20-5-3-19(4-6-20)14-11-13(12-15-16-14)18-7-9-23-10-8-18/h11-12H,3-10H2,1-2H3. The van der Waals surface area contributed by atoms with Crippen molar-refractivity contribution in [3.63, 3.8) is 0 Å². The highest BCUT2D eigenvalue weighted by molar-refractivity contribution is 7.86. The first-order valence-electron chi connectivity index (χ1n) is 8.06. The molecule has 3 rings (SSSR count). The molecule has 2 aliphatic rings. The number of anilines is 2. The van der Waals surface area contributed by atoms with E-state index in [1.807, 2.05) is 6.07 Å². The third kappa shape index (κ3) is 3.61. The van der Waals surface area contributed by atoms with Crippen LogP contribution in [0.15, 0.2) is 12.3 Å². The van der Waals surface area contributed by atoms with Gasteiger partial charge in [-0.05, 0) is 0 Å². The maximum Gasteiger partial charge on any atom is 0.281 e. The molecular weight excluding hydrogens is 332 g/mol. The Morgan fingerprint density at radius 2 is 1.71 bits per heavy atom. The lowest BCUT2D eigenvalue weighted by Crippen LogP contribution is -2.52. The van der Waals surface area contributed by atoms with Crippen LogP contribution >= 0.6 is 0 Å². The van der Waals surface area contributed by atoms with Crippen molar-refractivity contribution in [2.75, 3.05) is 76.4 Å². The molecule has 3 heterocycles. The molecule has 9 nitrogen and oxygen atoms in total. The summed E-state index contributed by atoms with van der Waals surface area (Å²) in [6.45, 7) is 5.24. The second kappa shape index (κ2) is 7.18.